The van der Waals surface area contributed by atoms with E-state index in [4.69, 9.17) is 5.11 Å². The van der Waals surface area contributed by atoms with Gasteiger partial charge in [0.1, 0.15) is 0 Å². The van der Waals surface area contributed by atoms with Crippen LogP contribution in [-0.2, 0) is 16.1 Å². The van der Waals surface area contributed by atoms with E-state index in [-0.39, 0.29) is 31.8 Å². The quantitative estimate of drug-likeness (QED) is 0.762. The van der Waals surface area contributed by atoms with Crippen molar-refractivity contribution < 1.29 is 14.7 Å². The SMILES string of the molecule is CCN(CCC(=O)O)C(=O)CCn1c(=O)[nH]c(=O)c2ccccc21. The van der Waals surface area contributed by atoms with Crippen LogP contribution in [0.25, 0.3) is 10.9 Å². The normalized spacial score (nSPS) is 10.7. The Labute approximate surface area is 137 Å². The number of fused-ring (bicyclic) bond motifs is 1. The molecular formula is C16H19N3O5. The van der Waals surface area contributed by atoms with E-state index in [1.165, 1.54) is 9.47 Å². The molecule has 2 aromatic rings. The van der Waals surface area contributed by atoms with Gasteiger partial charge in [-0.25, -0.2) is 4.79 Å². The number of para-hydroxylation sites is 1. The predicted octanol–water partition coefficient (Wildman–Crippen LogP) is 0.403. The van der Waals surface area contributed by atoms with Crippen LogP contribution in [0.2, 0.25) is 0 Å². The fourth-order valence-electron chi connectivity index (χ4n) is 2.52. The van der Waals surface area contributed by atoms with Gasteiger partial charge in [0, 0.05) is 26.1 Å². The van der Waals surface area contributed by atoms with Crippen molar-refractivity contribution in [2.24, 2.45) is 0 Å². The number of amides is 1. The highest BCUT2D eigenvalue weighted by molar-refractivity contribution is 5.79. The number of H-pyrrole nitrogens is 1. The maximum absolute atomic E-state index is 12.2. The molecule has 8 heteroatoms. The maximum atomic E-state index is 12.2. The van der Waals surface area contributed by atoms with Gasteiger partial charge in [-0.05, 0) is 19.1 Å². The molecule has 24 heavy (non-hydrogen) atoms. The number of carboxylic acid groups (broad SMARTS) is 1. The molecule has 0 bridgehead atoms. The average molecular weight is 333 g/mol. The summed E-state index contributed by atoms with van der Waals surface area (Å²) in [5.41, 5.74) is -0.567. The molecule has 0 fully saturated rings. The number of benzene rings is 1. The zero-order valence-corrected chi connectivity index (χ0v) is 13.3. The standard InChI is InChI=1S/C16H19N3O5/c1-2-18(9-8-14(21)22)13(20)7-10-19-12-6-4-3-5-11(12)15(23)17-16(19)24/h3-6H,2,7-10H2,1H3,(H,21,22)(H,17,23,24). The Bertz CT molecular complexity index is 868. The number of aromatic amines is 1. The van der Waals surface area contributed by atoms with Gasteiger partial charge in [-0.1, -0.05) is 12.1 Å². The van der Waals surface area contributed by atoms with Gasteiger partial charge < -0.3 is 10.0 Å². The number of nitrogens with zero attached hydrogens (tertiary/aromatic N) is 2. The minimum atomic E-state index is -0.968. The van der Waals surface area contributed by atoms with Gasteiger partial charge in [-0.2, -0.15) is 0 Å². The molecule has 1 heterocycles. The van der Waals surface area contributed by atoms with E-state index in [0.717, 1.165) is 0 Å². The Hall–Kier alpha value is -2.90. The van der Waals surface area contributed by atoms with Crippen molar-refractivity contribution in [3.8, 4) is 0 Å². The van der Waals surface area contributed by atoms with Crippen LogP contribution in [0.15, 0.2) is 33.9 Å². The van der Waals surface area contributed by atoms with Crippen LogP contribution in [0.5, 0.6) is 0 Å². The molecule has 0 spiro atoms. The zero-order valence-electron chi connectivity index (χ0n) is 13.3. The highest BCUT2D eigenvalue weighted by Crippen LogP contribution is 2.08. The molecule has 0 unspecified atom stereocenters. The van der Waals surface area contributed by atoms with Crippen molar-refractivity contribution in [3.05, 3.63) is 45.1 Å². The van der Waals surface area contributed by atoms with Crippen LogP contribution in [0, 0.1) is 0 Å². The molecule has 8 nitrogen and oxygen atoms in total. The molecule has 0 aliphatic carbocycles. The van der Waals surface area contributed by atoms with E-state index in [2.05, 4.69) is 4.98 Å². The van der Waals surface area contributed by atoms with Crippen molar-refractivity contribution in [1.82, 2.24) is 14.5 Å². The average Bonchev–Trinajstić information content (AvgIpc) is 2.55. The summed E-state index contributed by atoms with van der Waals surface area (Å²) in [7, 11) is 0. The number of nitrogens with one attached hydrogen (secondary N) is 1. The first kappa shape index (κ1) is 17.5. The molecule has 1 amide bonds. The summed E-state index contributed by atoms with van der Waals surface area (Å²) in [5.74, 6) is -1.20. The Morgan fingerprint density at radius 2 is 1.92 bits per heavy atom. The Morgan fingerprint density at radius 1 is 1.21 bits per heavy atom. The molecule has 0 radical (unpaired) electrons. The highest BCUT2D eigenvalue weighted by atomic mass is 16.4. The zero-order chi connectivity index (χ0) is 17.7. The van der Waals surface area contributed by atoms with Crippen molar-refractivity contribution in [2.45, 2.75) is 26.3 Å². The summed E-state index contributed by atoms with van der Waals surface area (Å²) in [4.78, 5) is 50.3. The fraction of sp³-hybridized carbons (Fsp3) is 0.375. The van der Waals surface area contributed by atoms with Crippen molar-refractivity contribution in [1.29, 1.82) is 0 Å². The van der Waals surface area contributed by atoms with Gasteiger partial charge in [0.05, 0.1) is 17.3 Å². The van der Waals surface area contributed by atoms with Crippen molar-refractivity contribution >= 4 is 22.8 Å². The molecule has 0 aliphatic heterocycles. The molecule has 1 aromatic heterocycles. The topological polar surface area (TPSA) is 112 Å². The number of hydrogen-bond acceptors (Lipinski definition) is 4. The van der Waals surface area contributed by atoms with Crippen LogP contribution in [0.1, 0.15) is 19.8 Å². The summed E-state index contributed by atoms with van der Waals surface area (Å²) < 4.78 is 1.35. The van der Waals surface area contributed by atoms with Crippen LogP contribution < -0.4 is 11.2 Å². The van der Waals surface area contributed by atoms with E-state index >= 15 is 0 Å². The number of aromatic nitrogens is 2. The predicted molar refractivity (Wildman–Crippen MR) is 88.0 cm³/mol. The van der Waals surface area contributed by atoms with Gasteiger partial charge in [-0.3, -0.25) is 23.9 Å². The van der Waals surface area contributed by atoms with Gasteiger partial charge in [0.25, 0.3) is 5.56 Å². The van der Waals surface area contributed by atoms with Crippen LogP contribution in [-0.4, -0.2) is 44.5 Å². The molecule has 2 N–H and O–H groups in total. The van der Waals surface area contributed by atoms with Crippen LogP contribution in [0.3, 0.4) is 0 Å². The van der Waals surface area contributed by atoms with E-state index in [9.17, 15) is 19.2 Å². The van der Waals surface area contributed by atoms with Crippen LogP contribution in [0.4, 0.5) is 0 Å². The number of carbonyl (C=O) groups excluding carboxylic acids is 1. The lowest BCUT2D eigenvalue weighted by Gasteiger charge is -2.20. The summed E-state index contributed by atoms with van der Waals surface area (Å²) in [6.45, 7) is 2.40. The Kier molecular flexibility index (Phi) is 5.51. The second kappa shape index (κ2) is 7.58. The maximum Gasteiger partial charge on any atom is 0.328 e. The number of rotatable bonds is 7. The minimum Gasteiger partial charge on any atom is -0.481 e. The number of hydrogen-bond donors (Lipinski definition) is 2. The third-order valence-corrected chi connectivity index (χ3v) is 3.78. The van der Waals surface area contributed by atoms with E-state index in [1.54, 1.807) is 31.2 Å². The second-order valence-corrected chi connectivity index (χ2v) is 5.30. The monoisotopic (exact) mass is 333 g/mol. The van der Waals surface area contributed by atoms with E-state index in [0.29, 0.717) is 17.4 Å². The van der Waals surface area contributed by atoms with Crippen molar-refractivity contribution in [3.63, 3.8) is 0 Å². The second-order valence-electron chi connectivity index (χ2n) is 5.30. The molecule has 0 saturated heterocycles. The smallest absolute Gasteiger partial charge is 0.328 e. The lowest BCUT2D eigenvalue weighted by atomic mass is 10.2. The Morgan fingerprint density at radius 3 is 2.58 bits per heavy atom. The molecule has 1 aromatic carbocycles. The molecule has 2 rings (SSSR count). The van der Waals surface area contributed by atoms with Gasteiger partial charge >= 0.3 is 11.7 Å². The van der Waals surface area contributed by atoms with Gasteiger partial charge in [0.15, 0.2) is 0 Å². The largest absolute Gasteiger partial charge is 0.481 e. The highest BCUT2D eigenvalue weighted by Gasteiger charge is 2.14. The first-order chi connectivity index (χ1) is 11.4. The van der Waals surface area contributed by atoms with Crippen LogP contribution >= 0.6 is 0 Å². The third kappa shape index (κ3) is 3.89. The molecule has 0 saturated carbocycles. The lowest BCUT2D eigenvalue weighted by Crippen LogP contribution is -2.35. The first-order valence-corrected chi connectivity index (χ1v) is 7.65. The number of aliphatic carboxylic acids is 1. The molecule has 0 aliphatic rings. The molecule has 128 valence electrons. The van der Waals surface area contributed by atoms with E-state index in [1.807, 2.05) is 0 Å². The summed E-state index contributed by atoms with van der Waals surface area (Å²) in [6.07, 6.45) is -0.0788. The summed E-state index contributed by atoms with van der Waals surface area (Å²) >= 11 is 0. The minimum absolute atomic E-state index is 0.0450. The number of aryl methyl sites for hydroxylation is 1. The number of carboxylic acids is 1. The third-order valence-electron chi connectivity index (χ3n) is 3.78. The van der Waals surface area contributed by atoms with Crippen molar-refractivity contribution in [2.75, 3.05) is 13.1 Å². The van der Waals surface area contributed by atoms with E-state index < -0.39 is 17.2 Å². The van der Waals surface area contributed by atoms with Gasteiger partial charge in [0.2, 0.25) is 5.91 Å². The number of carbonyl (C=O) groups is 2. The lowest BCUT2D eigenvalue weighted by molar-refractivity contribution is -0.138. The fourth-order valence-corrected chi connectivity index (χ4v) is 2.52. The van der Waals surface area contributed by atoms with Gasteiger partial charge in [-0.15, -0.1) is 0 Å². The summed E-state index contributed by atoms with van der Waals surface area (Å²) in [5, 5.41) is 9.09. The summed E-state index contributed by atoms with van der Waals surface area (Å²) in [6, 6.07) is 6.67. The molecular weight excluding hydrogens is 314 g/mol. The Balaban J connectivity index is 2.18. The first-order valence-electron chi connectivity index (χ1n) is 7.65. The molecule has 0 atom stereocenters.